The maximum Gasteiger partial charge on any atom is 0.135 e. The molecule has 0 amide bonds. The molecule has 0 bridgehead atoms. The topological polar surface area (TPSA) is 32.3 Å². The van der Waals surface area contributed by atoms with Crippen LogP contribution in [0.25, 0.3) is 22.5 Å². The van der Waals surface area contributed by atoms with Crippen molar-refractivity contribution >= 4 is 11.4 Å². The van der Waals surface area contributed by atoms with E-state index >= 15 is 0 Å². The van der Waals surface area contributed by atoms with Crippen molar-refractivity contribution in [2.45, 2.75) is 6.42 Å². The van der Waals surface area contributed by atoms with Crippen molar-refractivity contribution in [3.8, 4) is 22.5 Å². The molecule has 8 heteroatoms. The van der Waals surface area contributed by atoms with Gasteiger partial charge in [-0.3, -0.25) is 9.97 Å². The lowest BCUT2D eigenvalue weighted by Gasteiger charge is -2.18. The second kappa shape index (κ2) is 9.74. The molecule has 2 heterocycles. The van der Waals surface area contributed by atoms with Gasteiger partial charge in [0.15, 0.2) is 0 Å². The zero-order chi connectivity index (χ0) is 25.3. The maximum absolute atomic E-state index is 14.5. The maximum atomic E-state index is 14.5. The normalized spacial score (nSPS) is 11.0. The fraction of sp³-hybridized carbons (Fsp3) is 0.185. The third-order valence-electron chi connectivity index (χ3n) is 5.54. The minimum atomic E-state index is -0.707. The summed E-state index contributed by atoms with van der Waals surface area (Å²) in [6.45, 7) is 0. The fourth-order valence-corrected chi connectivity index (χ4v) is 3.70. The number of halogens is 4. The number of rotatable bonds is 6. The van der Waals surface area contributed by atoms with Crippen molar-refractivity contribution in [2.24, 2.45) is 0 Å². The molecule has 0 spiro atoms. The number of pyridine rings is 2. The van der Waals surface area contributed by atoms with Gasteiger partial charge in [-0.1, -0.05) is 0 Å². The predicted molar refractivity (Wildman–Crippen MR) is 131 cm³/mol. The van der Waals surface area contributed by atoms with Gasteiger partial charge >= 0.3 is 0 Å². The second-order valence-corrected chi connectivity index (χ2v) is 8.62. The second-order valence-electron chi connectivity index (χ2n) is 8.62. The molecule has 0 radical (unpaired) electrons. The van der Waals surface area contributed by atoms with Crippen LogP contribution in [0.3, 0.4) is 0 Å². The molecule has 0 aliphatic carbocycles. The van der Waals surface area contributed by atoms with Crippen LogP contribution < -0.4 is 9.80 Å². The summed E-state index contributed by atoms with van der Waals surface area (Å²) in [6, 6.07) is 13.9. The number of nitrogens with zero attached hydrogens (tertiary/aromatic N) is 4. The van der Waals surface area contributed by atoms with E-state index in [2.05, 4.69) is 9.97 Å². The Labute approximate surface area is 201 Å². The predicted octanol–water partition coefficient (Wildman–Crippen LogP) is 6.09. The van der Waals surface area contributed by atoms with Crippen LogP contribution >= 0.6 is 0 Å². The highest BCUT2D eigenvalue weighted by Gasteiger charge is 2.15. The van der Waals surface area contributed by atoms with Crippen molar-refractivity contribution < 1.29 is 17.6 Å². The lowest BCUT2D eigenvalue weighted by atomic mass is 10.1. The Balaban J connectivity index is 1.80. The Hall–Kier alpha value is -3.94. The first-order valence-corrected chi connectivity index (χ1v) is 10.9. The van der Waals surface area contributed by atoms with Crippen LogP contribution in [0.1, 0.15) is 11.4 Å². The molecule has 0 N–H and O–H groups in total. The molecule has 180 valence electrons. The summed E-state index contributed by atoms with van der Waals surface area (Å²) in [5, 5.41) is 0. The van der Waals surface area contributed by atoms with Crippen LogP contribution in [0.5, 0.6) is 0 Å². The molecule has 0 fully saturated rings. The standard InChI is InChI=1S/C27H24F4N4/c1-34(2)20-12-18(32-26(14-20)22-7-5-16(28)9-24(22)30)11-19-13-21(35(3)4)15-27(33-19)23-8-6-17(29)10-25(23)31/h5-10,12-15H,11H2,1-4H3. The number of hydrogen-bond donors (Lipinski definition) is 0. The van der Waals surface area contributed by atoms with Crippen LogP contribution in [0, 0.1) is 23.3 Å². The first kappa shape index (κ1) is 24.2. The van der Waals surface area contributed by atoms with E-state index in [1.807, 2.05) is 50.1 Å². The molecule has 2 aromatic carbocycles. The highest BCUT2D eigenvalue weighted by Crippen LogP contribution is 2.29. The average molecular weight is 481 g/mol. The SMILES string of the molecule is CN(C)c1cc(Cc2cc(N(C)C)cc(-c3ccc(F)cc3F)n2)nc(-c2ccc(F)cc2F)c1. The van der Waals surface area contributed by atoms with Gasteiger partial charge in [-0.15, -0.1) is 0 Å². The van der Waals surface area contributed by atoms with E-state index in [1.165, 1.54) is 24.3 Å². The Morgan fingerprint density at radius 2 is 0.971 bits per heavy atom. The highest BCUT2D eigenvalue weighted by molar-refractivity contribution is 5.67. The quantitative estimate of drug-likeness (QED) is 0.313. The molecule has 0 aliphatic rings. The van der Waals surface area contributed by atoms with Gasteiger partial charge in [-0.2, -0.15) is 0 Å². The van der Waals surface area contributed by atoms with E-state index < -0.39 is 23.3 Å². The summed E-state index contributed by atoms with van der Waals surface area (Å²) < 4.78 is 55.9. The van der Waals surface area contributed by atoms with Crippen LogP contribution in [0.2, 0.25) is 0 Å². The smallest absolute Gasteiger partial charge is 0.135 e. The Bertz CT molecular complexity index is 1280. The molecular formula is C27H24F4N4. The Kier molecular flexibility index (Phi) is 6.73. The van der Waals surface area contributed by atoms with E-state index in [9.17, 15) is 17.6 Å². The molecule has 0 atom stereocenters. The lowest BCUT2D eigenvalue weighted by Crippen LogP contribution is -2.12. The van der Waals surface area contributed by atoms with Gasteiger partial charge in [-0.05, 0) is 48.5 Å². The van der Waals surface area contributed by atoms with E-state index in [4.69, 9.17) is 0 Å². The molecule has 4 rings (SSSR count). The molecule has 4 nitrogen and oxygen atoms in total. The molecule has 0 unspecified atom stereocenters. The van der Waals surface area contributed by atoms with Crippen LogP contribution in [-0.4, -0.2) is 38.2 Å². The summed E-state index contributed by atoms with van der Waals surface area (Å²) in [5.74, 6) is -2.75. The van der Waals surface area contributed by atoms with Gasteiger partial charge in [0.05, 0.1) is 11.4 Å². The van der Waals surface area contributed by atoms with E-state index in [-0.39, 0.29) is 17.5 Å². The number of hydrogen-bond acceptors (Lipinski definition) is 4. The van der Waals surface area contributed by atoms with Gasteiger partial charge in [0.2, 0.25) is 0 Å². The first-order chi connectivity index (χ1) is 16.6. The van der Waals surface area contributed by atoms with E-state index in [0.717, 1.165) is 23.5 Å². The Morgan fingerprint density at radius 1 is 0.571 bits per heavy atom. The van der Waals surface area contributed by atoms with Gasteiger partial charge < -0.3 is 9.80 Å². The summed E-state index contributed by atoms with van der Waals surface area (Å²) in [7, 11) is 7.41. The average Bonchev–Trinajstić information content (AvgIpc) is 2.78. The van der Waals surface area contributed by atoms with Crippen molar-refractivity contribution in [2.75, 3.05) is 38.0 Å². The van der Waals surface area contributed by atoms with Gasteiger partial charge in [0.1, 0.15) is 23.3 Å². The highest BCUT2D eigenvalue weighted by atomic mass is 19.1. The van der Waals surface area contributed by atoms with Crippen molar-refractivity contribution in [3.63, 3.8) is 0 Å². The Morgan fingerprint density at radius 3 is 1.31 bits per heavy atom. The lowest BCUT2D eigenvalue weighted by molar-refractivity contribution is 0.584. The van der Waals surface area contributed by atoms with Gasteiger partial charge in [-0.25, -0.2) is 17.6 Å². The number of aromatic nitrogens is 2. The van der Waals surface area contributed by atoms with Crippen LogP contribution in [-0.2, 0) is 6.42 Å². The zero-order valence-electron chi connectivity index (χ0n) is 19.8. The van der Waals surface area contributed by atoms with Crippen molar-refractivity contribution in [1.82, 2.24) is 9.97 Å². The summed E-state index contributed by atoms with van der Waals surface area (Å²) >= 11 is 0. The van der Waals surface area contributed by atoms with E-state index in [1.54, 1.807) is 12.1 Å². The van der Waals surface area contributed by atoms with Crippen molar-refractivity contribution in [3.05, 3.63) is 95.3 Å². The largest absolute Gasteiger partial charge is 0.378 e. The van der Waals surface area contributed by atoms with Gasteiger partial charge in [0.25, 0.3) is 0 Å². The molecule has 2 aromatic heterocycles. The molecule has 0 aliphatic heterocycles. The summed E-state index contributed by atoms with van der Waals surface area (Å²) in [5.41, 5.74) is 3.84. The number of anilines is 2. The van der Waals surface area contributed by atoms with Gasteiger partial charge in [0, 0.05) is 80.6 Å². The monoisotopic (exact) mass is 480 g/mol. The fourth-order valence-electron chi connectivity index (χ4n) is 3.70. The van der Waals surface area contributed by atoms with Crippen LogP contribution in [0.15, 0.2) is 60.7 Å². The minimum Gasteiger partial charge on any atom is -0.378 e. The third kappa shape index (κ3) is 5.42. The summed E-state index contributed by atoms with van der Waals surface area (Å²) in [4.78, 5) is 12.9. The molecule has 4 aromatic rings. The van der Waals surface area contributed by atoms with Crippen LogP contribution in [0.4, 0.5) is 28.9 Å². The molecule has 0 saturated carbocycles. The van der Waals surface area contributed by atoms with E-state index in [0.29, 0.717) is 22.8 Å². The first-order valence-electron chi connectivity index (χ1n) is 10.9. The minimum absolute atomic E-state index is 0.181. The summed E-state index contributed by atoms with van der Waals surface area (Å²) in [6.07, 6.45) is 0.273. The third-order valence-corrected chi connectivity index (χ3v) is 5.54. The molecule has 0 saturated heterocycles. The molecule has 35 heavy (non-hydrogen) atoms. The molecular weight excluding hydrogens is 456 g/mol. The number of benzene rings is 2. The zero-order valence-corrected chi connectivity index (χ0v) is 19.8. The van der Waals surface area contributed by atoms with Crippen molar-refractivity contribution in [1.29, 1.82) is 0 Å².